The molecule has 6 heteroatoms. The van der Waals surface area contributed by atoms with Crippen LogP contribution in [-0.4, -0.2) is 68.6 Å². The highest BCUT2D eigenvalue weighted by atomic mass is 16.5. The standard InChI is InChI=1S/C18H24N2O4/c1-23-8-7-19-9-15-10-20(11-16(15)18(19)22)17(21)14-5-3-13(4-6-14)12-24-2/h3-6,15-16H,7-12H2,1-2H3/t15-,16+/m1/s1. The molecule has 0 bridgehead atoms. The molecule has 2 amide bonds. The molecule has 2 aliphatic rings. The first kappa shape index (κ1) is 16.9. The van der Waals surface area contributed by atoms with Gasteiger partial charge >= 0.3 is 0 Å². The average molecular weight is 332 g/mol. The Balaban J connectivity index is 1.60. The monoisotopic (exact) mass is 332 g/mol. The fraction of sp³-hybridized carbons (Fsp3) is 0.556. The second kappa shape index (κ2) is 7.32. The normalized spacial score (nSPS) is 23.0. The van der Waals surface area contributed by atoms with Gasteiger partial charge in [0.1, 0.15) is 0 Å². The second-order valence-corrected chi connectivity index (χ2v) is 6.48. The van der Waals surface area contributed by atoms with Crippen molar-refractivity contribution in [3.63, 3.8) is 0 Å². The zero-order valence-electron chi connectivity index (χ0n) is 14.2. The number of methoxy groups -OCH3 is 2. The Morgan fingerprint density at radius 1 is 1.12 bits per heavy atom. The number of carbonyl (C=O) groups is 2. The number of nitrogens with zero attached hydrogens (tertiary/aromatic N) is 2. The maximum Gasteiger partial charge on any atom is 0.253 e. The van der Waals surface area contributed by atoms with Crippen molar-refractivity contribution in [3.05, 3.63) is 35.4 Å². The first-order chi connectivity index (χ1) is 11.6. The molecule has 2 saturated heterocycles. The molecule has 2 aliphatic heterocycles. The summed E-state index contributed by atoms with van der Waals surface area (Å²) in [6, 6.07) is 7.48. The molecule has 2 atom stereocenters. The smallest absolute Gasteiger partial charge is 0.253 e. The first-order valence-corrected chi connectivity index (χ1v) is 8.29. The molecule has 2 fully saturated rings. The van der Waals surface area contributed by atoms with E-state index in [9.17, 15) is 9.59 Å². The van der Waals surface area contributed by atoms with Gasteiger partial charge in [0.25, 0.3) is 5.91 Å². The summed E-state index contributed by atoms with van der Waals surface area (Å²) in [5.74, 6) is 0.344. The largest absolute Gasteiger partial charge is 0.383 e. The van der Waals surface area contributed by atoms with Crippen LogP contribution in [0.1, 0.15) is 15.9 Å². The maximum absolute atomic E-state index is 12.7. The van der Waals surface area contributed by atoms with Crippen LogP contribution in [-0.2, 0) is 20.9 Å². The van der Waals surface area contributed by atoms with Crippen molar-refractivity contribution in [2.75, 3.05) is 47.0 Å². The third-order valence-corrected chi connectivity index (χ3v) is 4.89. The molecular formula is C18H24N2O4. The molecule has 2 heterocycles. The first-order valence-electron chi connectivity index (χ1n) is 8.29. The fourth-order valence-electron chi connectivity index (χ4n) is 3.61. The fourth-order valence-corrected chi connectivity index (χ4v) is 3.61. The number of amides is 2. The highest BCUT2D eigenvalue weighted by Crippen LogP contribution is 2.32. The minimum atomic E-state index is -0.0569. The molecule has 0 saturated carbocycles. The van der Waals surface area contributed by atoms with Gasteiger partial charge in [-0.3, -0.25) is 9.59 Å². The number of ether oxygens (including phenoxy) is 2. The van der Waals surface area contributed by atoms with Crippen LogP contribution in [0.4, 0.5) is 0 Å². The van der Waals surface area contributed by atoms with Crippen LogP contribution >= 0.6 is 0 Å². The minimum absolute atomic E-state index is 0.00427. The van der Waals surface area contributed by atoms with E-state index >= 15 is 0 Å². The zero-order chi connectivity index (χ0) is 17.1. The lowest BCUT2D eigenvalue weighted by atomic mass is 10.0. The van der Waals surface area contributed by atoms with Gasteiger partial charge in [0, 0.05) is 51.9 Å². The van der Waals surface area contributed by atoms with Gasteiger partial charge in [-0.1, -0.05) is 12.1 Å². The zero-order valence-corrected chi connectivity index (χ0v) is 14.2. The Hall–Kier alpha value is -1.92. The number of likely N-dealkylation sites (tertiary alicyclic amines) is 2. The van der Waals surface area contributed by atoms with Crippen molar-refractivity contribution in [2.45, 2.75) is 6.61 Å². The summed E-state index contributed by atoms with van der Waals surface area (Å²) in [6.07, 6.45) is 0. The third kappa shape index (κ3) is 3.30. The number of rotatable bonds is 6. The topological polar surface area (TPSA) is 59.1 Å². The van der Waals surface area contributed by atoms with Gasteiger partial charge < -0.3 is 19.3 Å². The number of hydrogen-bond donors (Lipinski definition) is 0. The Labute approximate surface area is 142 Å². The minimum Gasteiger partial charge on any atom is -0.383 e. The van der Waals surface area contributed by atoms with Crippen molar-refractivity contribution in [3.8, 4) is 0 Å². The molecule has 0 N–H and O–H groups in total. The predicted octanol–water partition coefficient (Wildman–Crippen LogP) is 1.01. The van der Waals surface area contributed by atoms with Crippen LogP contribution in [0.25, 0.3) is 0 Å². The van der Waals surface area contributed by atoms with E-state index in [1.807, 2.05) is 34.1 Å². The van der Waals surface area contributed by atoms with Crippen molar-refractivity contribution in [1.82, 2.24) is 9.80 Å². The SMILES string of the molecule is COCCN1C[C@@H]2CN(C(=O)c3ccc(COC)cc3)C[C@@H]2C1=O. The van der Waals surface area contributed by atoms with E-state index in [0.29, 0.717) is 38.4 Å². The summed E-state index contributed by atoms with van der Waals surface area (Å²) in [5.41, 5.74) is 1.70. The summed E-state index contributed by atoms with van der Waals surface area (Å²) < 4.78 is 10.1. The van der Waals surface area contributed by atoms with Crippen LogP contribution in [0.3, 0.4) is 0 Å². The quantitative estimate of drug-likeness (QED) is 0.780. The summed E-state index contributed by atoms with van der Waals surface area (Å²) in [7, 11) is 3.29. The lowest BCUT2D eigenvalue weighted by molar-refractivity contribution is -0.131. The van der Waals surface area contributed by atoms with Crippen LogP contribution in [0, 0.1) is 11.8 Å². The van der Waals surface area contributed by atoms with Crippen LogP contribution in [0.5, 0.6) is 0 Å². The number of benzene rings is 1. The molecule has 1 aromatic rings. The second-order valence-electron chi connectivity index (χ2n) is 6.48. The molecule has 1 aromatic carbocycles. The lowest BCUT2D eigenvalue weighted by Gasteiger charge is -2.21. The van der Waals surface area contributed by atoms with Gasteiger partial charge in [0.15, 0.2) is 0 Å². The summed E-state index contributed by atoms with van der Waals surface area (Å²) in [6.45, 7) is 3.63. The summed E-state index contributed by atoms with van der Waals surface area (Å²) in [5, 5.41) is 0. The van der Waals surface area contributed by atoms with E-state index in [-0.39, 0.29) is 23.7 Å². The summed E-state index contributed by atoms with van der Waals surface area (Å²) >= 11 is 0. The molecule has 24 heavy (non-hydrogen) atoms. The van der Waals surface area contributed by atoms with Gasteiger partial charge in [-0.15, -0.1) is 0 Å². The molecule has 0 spiro atoms. The van der Waals surface area contributed by atoms with E-state index in [1.54, 1.807) is 14.2 Å². The molecule has 0 aromatic heterocycles. The number of carbonyl (C=O) groups excluding carboxylic acids is 2. The Kier molecular flexibility index (Phi) is 5.16. The highest BCUT2D eigenvalue weighted by Gasteiger charge is 2.47. The van der Waals surface area contributed by atoms with Gasteiger partial charge in [0.05, 0.1) is 19.1 Å². The number of fused-ring (bicyclic) bond motifs is 1. The Morgan fingerprint density at radius 2 is 1.88 bits per heavy atom. The van der Waals surface area contributed by atoms with Crippen molar-refractivity contribution in [1.29, 1.82) is 0 Å². The van der Waals surface area contributed by atoms with Crippen molar-refractivity contribution >= 4 is 11.8 Å². The van der Waals surface area contributed by atoms with Crippen molar-refractivity contribution in [2.24, 2.45) is 11.8 Å². The van der Waals surface area contributed by atoms with E-state index in [4.69, 9.17) is 9.47 Å². The Morgan fingerprint density at radius 3 is 2.50 bits per heavy atom. The maximum atomic E-state index is 12.7. The lowest BCUT2D eigenvalue weighted by Crippen LogP contribution is -2.36. The van der Waals surface area contributed by atoms with Gasteiger partial charge in [-0.25, -0.2) is 0 Å². The van der Waals surface area contributed by atoms with Crippen LogP contribution < -0.4 is 0 Å². The highest BCUT2D eigenvalue weighted by molar-refractivity contribution is 5.95. The molecule has 6 nitrogen and oxygen atoms in total. The van der Waals surface area contributed by atoms with E-state index in [2.05, 4.69) is 0 Å². The molecular weight excluding hydrogens is 308 g/mol. The van der Waals surface area contributed by atoms with Gasteiger partial charge in [-0.2, -0.15) is 0 Å². The molecule has 0 unspecified atom stereocenters. The molecule has 130 valence electrons. The van der Waals surface area contributed by atoms with E-state index < -0.39 is 0 Å². The molecule has 0 aliphatic carbocycles. The van der Waals surface area contributed by atoms with E-state index in [0.717, 1.165) is 12.1 Å². The van der Waals surface area contributed by atoms with Crippen LogP contribution in [0.15, 0.2) is 24.3 Å². The van der Waals surface area contributed by atoms with Crippen molar-refractivity contribution < 1.29 is 19.1 Å². The van der Waals surface area contributed by atoms with Gasteiger partial charge in [-0.05, 0) is 17.7 Å². The van der Waals surface area contributed by atoms with E-state index in [1.165, 1.54) is 0 Å². The molecule has 3 rings (SSSR count). The predicted molar refractivity (Wildman–Crippen MR) is 88.5 cm³/mol. The van der Waals surface area contributed by atoms with Crippen LogP contribution in [0.2, 0.25) is 0 Å². The third-order valence-electron chi connectivity index (χ3n) is 4.89. The Bertz CT molecular complexity index is 602. The van der Waals surface area contributed by atoms with Gasteiger partial charge in [0.2, 0.25) is 5.91 Å². The number of hydrogen-bond acceptors (Lipinski definition) is 4. The molecule has 0 radical (unpaired) electrons. The summed E-state index contributed by atoms with van der Waals surface area (Å²) in [4.78, 5) is 28.8. The average Bonchev–Trinajstić information content (AvgIpc) is 3.13.